The molecule has 5 nitrogen and oxygen atoms in total. The summed E-state index contributed by atoms with van der Waals surface area (Å²) in [5, 5.41) is 13.5. The third kappa shape index (κ3) is 2.62. The molecule has 1 aliphatic carbocycles. The molecule has 1 aromatic heterocycles. The van der Waals surface area contributed by atoms with Crippen LogP contribution in [0.1, 0.15) is 40.4 Å². The van der Waals surface area contributed by atoms with E-state index < -0.39 is 11.6 Å². The normalized spacial score (nSPS) is 18.5. The number of carbonyl (C=O) groups excluding carboxylic acids is 1. The molecule has 1 amide bonds. The quantitative estimate of drug-likeness (QED) is 0.705. The zero-order valence-corrected chi connectivity index (χ0v) is 14.3. The van der Waals surface area contributed by atoms with Gasteiger partial charge in [-0.2, -0.15) is 0 Å². The van der Waals surface area contributed by atoms with Crippen LogP contribution in [0.25, 0.3) is 10.8 Å². The number of pyridine rings is 1. The number of amides is 1. The summed E-state index contributed by atoms with van der Waals surface area (Å²) in [5.41, 5.74) is 2.63. The maximum atomic E-state index is 13.1. The maximum Gasteiger partial charge on any atom is 0.405 e. The highest BCUT2D eigenvalue weighted by Gasteiger charge is 2.36. The van der Waals surface area contributed by atoms with E-state index in [4.69, 9.17) is 5.11 Å². The van der Waals surface area contributed by atoms with Crippen LogP contribution in [0.2, 0.25) is 0 Å². The molecule has 5 heteroatoms. The number of fused-ring (bicyclic) bond motifs is 2. The smallest absolute Gasteiger partial charge is 0.405 e. The molecule has 2 aromatic carbocycles. The van der Waals surface area contributed by atoms with Crippen LogP contribution in [-0.4, -0.2) is 22.0 Å². The molecular weight excluding hydrogens is 328 g/mol. The standard InChI is InChI=1S/C21H18N2O3/c1-21(23-20(25)26)9-7-13-11-14(5-6-18(13)21)19(24)17-4-2-3-15-12-22-10-8-16(15)17/h2-6,8,10-12,23H,7,9H2,1H3,(H,25,26). The lowest BCUT2D eigenvalue weighted by molar-refractivity contribution is 0.104. The van der Waals surface area contributed by atoms with Crippen LogP contribution in [0, 0.1) is 0 Å². The maximum absolute atomic E-state index is 13.1. The molecule has 0 fully saturated rings. The first-order valence-electron chi connectivity index (χ1n) is 8.50. The van der Waals surface area contributed by atoms with Crippen LogP contribution in [-0.2, 0) is 12.0 Å². The van der Waals surface area contributed by atoms with Crippen molar-refractivity contribution >= 4 is 22.6 Å². The molecule has 1 heterocycles. The lowest BCUT2D eigenvalue weighted by Crippen LogP contribution is -2.40. The molecular formula is C21H18N2O3. The molecule has 3 aromatic rings. The second-order valence-electron chi connectivity index (χ2n) is 6.87. The summed E-state index contributed by atoms with van der Waals surface area (Å²) < 4.78 is 0. The number of aryl methyl sites for hydroxylation is 1. The number of carboxylic acid groups (broad SMARTS) is 1. The Labute approximate surface area is 150 Å². The highest BCUT2D eigenvalue weighted by Crippen LogP contribution is 2.37. The van der Waals surface area contributed by atoms with E-state index >= 15 is 0 Å². The molecule has 1 atom stereocenters. The Bertz CT molecular complexity index is 1040. The molecule has 130 valence electrons. The van der Waals surface area contributed by atoms with Crippen molar-refractivity contribution in [2.45, 2.75) is 25.3 Å². The predicted octanol–water partition coefficient (Wildman–Crippen LogP) is 3.89. The molecule has 0 saturated carbocycles. The molecule has 0 spiro atoms. The summed E-state index contributed by atoms with van der Waals surface area (Å²) in [6, 6.07) is 13.0. The highest BCUT2D eigenvalue weighted by molar-refractivity contribution is 6.16. The lowest BCUT2D eigenvalue weighted by Gasteiger charge is -2.25. The fourth-order valence-electron chi connectivity index (χ4n) is 3.84. The summed E-state index contributed by atoms with van der Waals surface area (Å²) in [7, 11) is 0. The monoisotopic (exact) mass is 346 g/mol. The number of aromatic nitrogens is 1. The van der Waals surface area contributed by atoms with E-state index in [9.17, 15) is 9.59 Å². The van der Waals surface area contributed by atoms with E-state index in [1.807, 2.05) is 43.3 Å². The van der Waals surface area contributed by atoms with Crippen molar-refractivity contribution in [2.75, 3.05) is 0 Å². The van der Waals surface area contributed by atoms with E-state index in [1.54, 1.807) is 18.5 Å². The third-order valence-corrected chi connectivity index (χ3v) is 5.16. The molecule has 0 radical (unpaired) electrons. The molecule has 0 saturated heterocycles. The van der Waals surface area contributed by atoms with E-state index in [0.717, 1.165) is 28.3 Å². The van der Waals surface area contributed by atoms with Gasteiger partial charge in [0.15, 0.2) is 5.78 Å². The Morgan fingerprint density at radius 2 is 2.04 bits per heavy atom. The minimum Gasteiger partial charge on any atom is -0.465 e. The van der Waals surface area contributed by atoms with Crippen molar-refractivity contribution in [2.24, 2.45) is 0 Å². The Balaban J connectivity index is 1.74. The van der Waals surface area contributed by atoms with Gasteiger partial charge in [0.05, 0.1) is 5.54 Å². The zero-order chi connectivity index (χ0) is 18.3. The topological polar surface area (TPSA) is 79.3 Å². The van der Waals surface area contributed by atoms with Crippen LogP contribution >= 0.6 is 0 Å². The van der Waals surface area contributed by atoms with Crippen molar-refractivity contribution < 1.29 is 14.7 Å². The van der Waals surface area contributed by atoms with Crippen LogP contribution in [0.5, 0.6) is 0 Å². The van der Waals surface area contributed by atoms with Crippen LogP contribution < -0.4 is 5.32 Å². The van der Waals surface area contributed by atoms with E-state index in [1.165, 1.54) is 0 Å². The van der Waals surface area contributed by atoms with Gasteiger partial charge < -0.3 is 10.4 Å². The SMILES string of the molecule is CC1(NC(=O)O)CCc2cc(C(=O)c3cccc4cnccc34)ccc21. The largest absolute Gasteiger partial charge is 0.465 e. The van der Waals surface area contributed by atoms with E-state index in [0.29, 0.717) is 17.5 Å². The average Bonchev–Trinajstić information content (AvgIpc) is 2.96. The van der Waals surface area contributed by atoms with Gasteiger partial charge in [-0.15, -0.1) is 0 Å². The second kappa shape index (κ2) is 5.95. The van der Waals surface area contributed by atoms with Crippen LogP contribution in [0.15, 0.2) is 54.9 Å². The van der Waals surface area contributed by atoms with Gasteiger partial charge in [-0.3, -0.25) is 9.78 Å². The summed E-state index contributed by atoms with van der Waals surface area (Å²) >= 11 is 0. The molecule has 0 bridgehead atoms. The molecule has 1 unspecified atom stereocenters. The van der Waals surface area contributed by atoms with Crippen molar-refractivity contribution in [3.05, 3.63) is 77.1 Å². The summed E-state index contributed by atoms with van der Waals surface area (Å²) in [6.07, 6.45) is 3.83. The summed E-state index contributed by atoms with van der Waals surface area (Å²) in [6.45, 7) is 1.88. The van der Waals surface area contributed by atoms with Crippen LogP contribution in [0.4, 0.5) is 4.79 Å². The van der Waals surface area contributed by atoms with E-state index in [2.05, 4.69) is 10.3 Å². The molecule has 26 heavy (non-hydrogen) atoms. The van der Waals surface area contributed by atoms with Crippen molar-refractivity contribution in [1.82, 2.24) is 10.3 Å². The van der Waals surface area contributed by atoms with Gasteiger partial charge >= 0.3 is 6.09 Å². The highest BCUT2D eigenvalue weighted by atomic mass is 16.4. The first-order chi connectivity index (χ1) is 12.5. The number of nitrogens with zero attached hydrogens (tertiary/aromatic N) is 1. The first kappa shape index (κ1) is 16.3. The fraction of sp³-hybridized carbons (Fsp3) is 0.190. The Morgan fingerprint density at radius 1 is 1.19 bits per heavy atom. The number of benzene rings is 2. The number of rotatable bonds is 3. The number of hydrogen-bond donors (Lipinski definition) is 2. The zero-order valence-electron chi connectivity index (χ0n) is 14.3. The van der Waals surface area contributed by atoms with Gasteiger partial charge in [-0.25, -0.2) is 4.79 Å². The van der Waals surface area contributed by atoms with Gasteiger partial charge in [-0.05, 0) is 48.4 Å². The Morgan fingerprint density at radius 3 is 2.85 bits per heavy atom. The Kier molecular flexibility index (Phi) is 3.72. The second-order valence-corrected chi connectivity index (χ2v) is 6.87. The van der Waals surface area contributed by atoms with Gasteiger partial charge in [0.2, 0.25) is 0 Å². The number of carbonyl (C=O) groups is 2. The third-order valence-electron chi connectivity index (χ3n) is 5.16. The van der Waals surface area contributed by atoms with Gasteiger partial charge in [0.1, 0.15) is 0 Å². The van der Waals surface area contributed by atoms with E-state index in [-0.39, 0.29) is 5.78 Å². The predicted molar refractivity (Wildman–Crippen MR) is 98.5 cm³/mol. The average molecular weight is 346 g/mol. The molecule has 1 aliphatic rings. The number of nitrogens with one attached hydrogen (secondary N) is 1. The van der Waals surface area contributed by atoms with Crippen LogP contribution in [0.3, 0.4) is 0 Å². The summed E-state index contributed by atoms with van der Waals surface area (Å²) in [4.78, 5) is 28.3. The summed E-state index contributed by atoms with van der Waals surface area (Å²) in [5.74, 6) is -0.0376. The van der Waals surface area contributed by atoms with Crippen molar-refractivity contribution in [3.8, 4) is 0 Å². The molecule has 0 aliphatic heterocycles. The molecule has 2 N–H and O–H groups in total. The van der Waals surface area contributed by atoms with Gasteiger partial charge in [-0.1, -0.05) is 30.3 Å². The minimum atomic E-state index is -1.04. The van der Waals surface area contributed by atoms with Gasteiger partial charge in [0.25, 0.3) is 0 Å². The number of hydrogen-bond acceptors (Lipinski definition) is 3. The van der Waals surface area contributed by atoms with Gasteiger partial charge in [0, 0.05) is 28.9 Å². The fourth-order valence-corrected chi connectivity index (χ4v) is 3.84. The minimum absolute atomic E-state index is 0.0376. The Hall–Kier alpha value is -3.21. The van der Waals surface area contributed by atoms with Crippen molar-refractivity contribution in [1.29, 1.82) is 0 Å². The molecule has 4 rings (SSSR count). The lowest BCUT2D eigenvalue weighted by atomic mass is 9.91. The van der Waals surface area contributed by atoms with Crippen molar-refractivity contribution in [3.63, 3.8) is 0 Å². The first-order valence-corrected chi connectivity index (χ1v) is 8.50. The number of ketones is 1.